The van der Waals surface area contributed by atoms with Gasteiger partial charge in [-0.15, -0.1) is 0 Å². The molecule has 1 aliphatic rings. The number of para-hydroxylation sites is 1. The minimum atomic E-state index is -0.377. The Bertz CT molecular complexity index is 967. The van der Waals surface area contributed by atoms with E-state index in [-0.39, 0.29) is 12.0 Å². The van der Waals surface area contributed by atoms with E-state index in [4.69, 9.17) is 4.74 Å². The molecule has 1 N–H and O–H groups in total. The van der Waals surface area contributed by atoms with Crippen LogP contribution in [0.15, 0.2) is 48.5 Å². The second-order valence-corrected chi connectivity index (χ2v) is 5.93. The number of esters is 1. The van der Waals surface area contributed by atoms with Gasteiger partial charge in [-0.05, 0) is 37.3 Å². The van der Waals surface area contributed by atoms with Gasteiger partial charge in [0.15, 0.2) is 0 Å². The van der Waals surface area contributed by atoms with Crippen LogP contribution >= 0.6 is 0 Å². The molecule has 26 heavy (non-hydrogen) atoms. The van der Waals surface area contributed by atoms with Crippen LogP contribution in [0.1, 0.15) is 17.3 Å². The molecular weight excluding hydrogens is 332 g/mol. The number of nitrogens with one attached hydrogen (secondary N) is 1. The fourth-order valence-electron chi connectivity index (χ4n) is 3.05. The van der Waals surface area contributed by atoms with Crippen LogP contribution in [0, 0.1) is 0 Å². The van der Waals surface area contributed by atoms with Gasteiger partial charge >= 0.3 is 12.0 Å². The molecule has 132 valence electrons. The number of imidazole rings is 1. The molecule has 0 saturated carbocycles. The normalized spacial score (nSPS) is 14.3. The van der Waals surface area contributed by atoms with Crippen molar-refractivity contribution in [3.63, 3.8) is 0 Å². The van der Waals surface area contributed by atoms with E-state index in [2.05, 4.69) is 9.97 Å². The number of aromatic nitrogens is 2. The van der Waals surface area contributed by atoms with Gasteiger partial charge in [0.2, 0.25) is 5.95 Å². The molecule has 7 nitrogen and oxygen atoms in total. The van der Waals surface area contributed by atoms with Crippen LogP contribution in [0.25, 0.3) is 11.0 Å². The van der Waals surface area contributed by atoms with Crippen LogP contribution in [0.2, 0.25) is 0 Å². The molecule has 7 heteroatoms. The van der Waals surface area contributed by atoms with Gasteiger partial charge in [0.05, 0.1) is 23.2 Å². The van der Waals surface area contributed by atoms with Crippen molar-refractivity contribution in [3.05, 3.63) is 54.1 Å². The van der Waals surface area contributed by atoms with E-state index >= 15 is 0 Å². The number of aromatic amines is 1. The van der Waals surface area contributed by atoms with Gasteiger partial charge in [0.25, 0.3) is 0 Å². The number of carbonyl (C=O) groups is 2. The lowest BCUT2D eigenvalue weighted by atomic mass is 10.2. The zero-order chi connectivity index (χ0) is 18.1. The summed E-state index contributed by atoms with van der Waals surface area (Å²) in [5.74, 6) is 0.0995. The van der Waals surface area contributed by atoms with Gasteiger partial charge in [-0.1, -0.05) is 18.2 Å². The van der Waals surface area contributed by atoms with Crippen molar-refractivity contribution in [2.75, 3.05) is 29.5 Å². The molecular formula is C19H18N4O3. The number of hydrogen-bond donors (Lipinski definition) is 1. The second-order valence-electron chi connectivity index (χ2n) is 5.93. The first kappa shape index (κ1) is 16.1. The summed E-state index contributed by atoms with van der Waals surface area (Å²) in [5, 5.41) is 0. The van der Waals surface area contributed by atoms with E-state index in [0.29, 0.717) is 42.2 Å². The van der Waals surface area contributed by atoms with E-state index in [1.807, 2.05) is 30.3 Å². The molecule has 0 unspecified atom stereocenters. The third-order valence-electron chi connectivity index (χ3n) is 4.31. The monoisotopic (exact) mass is 350 g/mol. The first-order valence-corrected chi connectivity index (χ1v) is 8.48. The number of rotatable bonds is 4. The molecule has 0 bridgehead atoms. The maximum atomic E-state index is 12.8. The molecule has 4 rings (SSSR count). The molecule has 2 aromatic carbocycles. The van der Waals surface area contributed by atoms with Crippen molar-refractivity contribution in [1.29, 1.82) is 0 Å². The highest BCUT2D eigenvalue weighted by molar-refractivity contribution is 6.05. The summed E-state index contributed by atoms with van der Waals surface area (Å²) in [4.78, 5) is 35.6. The quantitative estimate of drug-likeness (QED) is 0.733. The van der Waals surface area contributed by atoms with E-state index < -0.39 is 0 Å². The van der Waals surface area contributed by atoms with Gasteiger partial charge < -0.3 is 9.72 Å². The molecule has 0 atom stereocenters. The van der Waals surface area contributed by atoms with Gasteiger partial charge in [0, 0.05) is 18.8 Å². The highest BCUT2D eigenvalue weighted by atomic mass is 16.5. The number of amides is 2. The number of hydrogen-bond acceptors (Lipinski definition) is 4. The predicted molar refractivity (Wildman–Crippen MR) is 98.6 cm³/mol. The summed E-state index contributed by atoms with van der Waals surface area (Å²) in [7, 11) is 0. The van der Waals surface area contributed by atoms with Crippen molar-refractivity contribution < 1.29 is 14.3 Å². The molecule has 1 aliphatic heterocycles. The molecule has 0 aliphatic carbocycles. The third-order valence-corrected chi connectivity index (χ3v) is 4.31. The minimum Gasteiger partial charge on any atom is -0.462 e. The number of urea groups is 1. The minimum absolute atomic E-state index is 0.124. The fraction of sp³-hybridized carbons (Fsp3) is 0.211. The van der Waals surface area contributed by atoms with Crippen LogP contribution in [0.3, 0.4) is 0 Å². The number of carbonyl (C=O) groups excluding carboxylic acids is 2. The molecule has 1 fully saturated rings. The van der Waals surface area contributed by atoms with Crippen molar-refractivity contribution >= 4 is 34.7 Å². The lowest BCUT2D eigenvalue weighted by molar-refractivity contribution is 0.0526. The van der Waals surface area contributed by atoms with Crippen molar-refractivity contribution in [1.82, 2.24) is 9.97 Å². The molecule has 1 aromatic heterocycles. The van der Waals surface area contributed by atoms with Crippen molar-refractivity contribution in [2.24, 2.45) is 0 Å². The Balaban J connectivity index is 1.61. The first-order valence-electron chi connectivity index (χ1n) is 8.48. The molecule has 2 heterocycles. The molecule has 3 aromatic rings. The summed E-state index contributed by atoms with van der Waals surface area (Å²) >= 11 is 0. The van der Waals surface area contributed by atoms with Crippen LogP contribution in [-0.2, 0) is 4.74 Å². The SMILES string of the molecule is CCOC(=O)c1ccc2nc(N3CCN(c4ccccc4)C3=O)[nH]c2c1. The molecule has 0 spiro atoms. The Morgan fingerprint density at radius 3 is 2.69 bits per heavy atom. The fourth-order valence-corrected chi connectivity index (χ4v) is 3.05. The molecule has 2 amide bonds. The maximum Gasteiger partial charge on any atom is 0.338 e. The number of benzene rings is 2. The van der Waals surface area contributed by atoms with E-state index in [0.717, 1.165) is 5.69 Å². The van der Waals surface area contributed by atoms with Crippen LogP contribution in [0.4, 0.5) is 16.4 Å². The Kier molecular flexibility index (Phi) is 4.04. The lowest BCUT2D eigenvalue weighted by Crippen LogP contribution is -2.32. The Morgan fingerprint density at radius 1 is 1.15 bits per heavy atom. The van der Waals surface area contributed by atoms with Crippen LogP contribution in [-0.4, -0.2) is 41.7 Å². The number of fused-ring (bicyclic) bond motifs is 1. The van der Waals surface area contributed by atoms with Crippen LogP contribution < -0.4 is 9.80 Å². The largest absolute Gasteiger partial charge is 0.462 e. The van der Waals surface area contributed by atoms with Gasteiger partial charge in [-0.2, -0.15) is 0 Å². The van der Waals surface area contributed by atoms with Crippen LogP contribution in [0.5, 0.6) is 0 Å². The summed E-state index contributed by atoms with van der Waals surface area (Å²) in [5.41, 5.74) is 2.70. The summed E-state index contributed by atoms with van der Waals surface area (Å²) < 4.78 is 5.02. The number of anilines is 2. The second kappa shape index (κ2) is 6.51. The van der Waals surface area contributed by atoms with E-state index in [1.165, 1.54) is 0 Å². The summed E-state index contributed by atoms with van der Waals surface area (Å²) in [6.45, 7) is 3.22. The maximum absolute atomic E-state index is 12.8. The first-order chi connectivity index (χ1) is 12.7. The Morgan fingerprint density at radius 2 is 1.92 bits per heavy atom. The Hall–Kier alpha value is -3.35. The predicted octanol–water partition coefficient (Wildman–Crippen LogP) is 3.19. The summed E-state index contributed by atoms with van der Waals surface area (Å²) in [6, 6.07) is 14.5. The van der Waals surface area contributed by atoms with E-state index in [1.54, 1.807) is 34.9 Å². The van der Waals surface area contributed by atoms with E-state index in [9.17, 15) is 9.59 Å². The number of H-pyrrole nitrogens is 1. The van der Waals surface area contributed by atoms with Crippen molar-refractivity contribution in [3.8, 4) is 0 Å². The number of ether oxygens (including phenoxy) is 1. The molecule has 0 radical (unpaired) electrons. The average Bonchev–Trinajstić information content (AvgIpc) is 3.25. The summed E-state index contributed by atoms with van der Waals surface area (Å²) in [6.07, 6.45) is 0. The third kappa shape index (κ3) is 2.77. The average molecular weight is 350 g/mol. The zero-order valence-electron chi connectivity index (χ0n) is 14.3. The zero-order valence-corrected chi connectivity index (χ0v) is 14.3. The molecule has 1 saturated heterocycles. The highest BCUT2D eigenvalue weighted by Gasteiger charge is 2.32. The smallest absolute Gasteiger partial charge is 0.338 e. The van der Waals surface area contributed by atoms with Gasteiger partial charge in [0.1, 0.15) is 0 Å². The standard InChI is InChI=1S/C19H18N4O3/c1-2-26-17(24)13-8-9-15-16(12-13)21-18(20-15)23-11-10-22(19(23)25)14-6-4-3-5-7-14/h3-9,12H,2,10-11H2,1H3,(H,20,21). The lowest BCUT2D eigenvalue weighted by Gasteiger charge is -2.16. The Labute approximate surface area is 150 Å². The topological polar surface area (TPSA) is 78.5 Å². The number of nitrogens with zero attached hydrogens (tertiary/aromatic N) is 3. The van der Waals surface area contributed by atoms with Gasteiger partial charge in [-0.3, -0.25) is 9.80 Å². The van der Waals surface area contributed by atoms with Crippen molar-refractivity contribution in [2.45, 2.75) is 6.92 Å². The highest BCUT2D eigenvalue weighted by Crippen LogP contribution is 2.25. The van der Waals surface area contributed by atoms with Gasteiger partial charge in [-0.25, -0.2) is 14.6 Å².